The SMILES string of the molecule is Cc1nc([C@H]2CCCN2CC2(C)CCNC2)cs1.Cl. The van der Waals surface area contributed by atoms with Crippen molar-refractivity contribution < 1.29 is 0 Å². The summed E-state index contributed by atoms with van der Waals surface area (Å²) in [7, 11) is 0. The van der Waals surface area contributed by atoms with Crippen molar-refractivity contribution >= 4 is 23.7 Å². The normalized spacial score (nSPS) is 31.6. The maximum absolute atomic E-state index is 4.70. The molecular formula is C14H24ClN3S. The number of nitrogens with one attached hydrogen (secondary N) is 1. The molecule has 1 unspecified atom stereocenters. The van der Waals surface area contributed by atoms with E-state index in [1.165, 1.54) is 56.1 Å². The first-order valence-electron chi connectivity index (χ1n) is 7.03. The Hall–Kier alpha value is -0.160. The van der Waals surface area contributed by atoms with Crippen LogP contribution < -0.4 is 5.32 Å². The molecule has 0 bridgehead atoms. The molecule has 3 rings (SSSR count). The van der Waals surface area contributed by atoms with Crippen molar-refractivity contribution in [3.63, 3.8) is 0 Å². The van der Waals surface area contributed by atoms with E-state index in [9.17, 15) is 0 Å². The zero-order chi connectivity index (χ0) is 12.6. The Labute approximate surface area is 126 Å². The molecule has 2 aliphatic heterocycles. The second-order valence-corrected chi connectivity index (χ2v) is 7.22. The van der Waals surface area contributed by atoms with E-state index in [2.05, 4.69) is 29.4 Å². The van der Waals surface area contributed by atoms with E-state index in [0.717, 1.165) is 0 Å². The van der Waals surface area contributed by atoms with Gasteiger partial charge in [0, 0.05) is 18.5 Å². The van der Waals surface area contributed by atoms with Crippen LogP contribution in [0.5, 0.6) is 0 Å². The van der Waals surface area contributed by atoms with E-state index >= 15 is 0 Å². The molecule has 3 nitrogen and oxygen atoms in total. The first kappa shape index (κ1) is 15.2. The fourth-order valence-corrected chi connectivity index (χ4v) is 4.04. The third-order valence-corrected chi connectivity index (χ3v) is 5.18. The summed E-state index contributed by atoms with van der Waals surface area (Å²) >= 11 is 1.79. The fourth-order valence-electron chi connectivity index (χ4n) is 3.38. The lowest BCUT2D eigenvalue weighted by Crippen LogP contribution is -2.37. The lowest BCUT2D eigenvalue weighted by Gasteiger charge is -2.32. The van der Waals surface area contributed by atoms with Crippen LogP contribution in [0, 0.1) is 12.3 Å². The Morgan fingerprint density at radius 1 is 1.58 bits per heavy atom. The number of nitrogens with zero attached hydrogens (tertiary/aromatic N) is 2. The summed E-state index contributed by atoms with van der Waals surface area (Å²) < 4.78 is 0. The summed E-state index contributed by atoms with van der Waals surface area (Å²) in [4.78, 5) is 7.37. The van der Waals surface area contributed by atoms with E-state index in [1.54, 1.807) is 11.3 Å². The van der Waals surface area contributed by atoms with Crippen LogP contribution in [0.15, 0.2) is 5.38 Å². The molecule has 1 aromatic heterocycles. The molecule has 19 heavy (non-hydrogen) atoms. The second-order valence-electron chi connectivity index (χ2n) is 6.16. The topological polar surface area (TPSA) is 28.2 Å². The average Bonchev–Trinajstić information content (AvgIpc) is 3.01. The van der Waals surface area contributed by atoms with Crippen LogP contribution in [-0.2, 0) is 0 Å². The Morgan fingerprint density at radius 2 is 2.42 bits per heavy atom. The largest absolute Gasteiger partial charge is 0.316 e. The van der Waals surface area contributed by atoms with Gasteiger partial charge in [0.05, 0.1) is 16.7 Å². The fraction of sp³-hybridized carbons (Fsp3) is 0.786. The van der Waals surface area contributed by atoms with E-state index in [1.807, 2.05) is 0 Å². The van der Waals surface area contributed by atoms with Crippen LogP contribution >= 0.6 is 23.7 Å². The molecule has 1 N–H and O–H groups in total. The molecule has 2 atom stereocenters. The van der Waals surface area contributed by atoms with Crippen molar-refractivity contribution in [2.24, 2.45) is 5.41 Å². The highest BCUT2D eigenvalue weighted by molar-refractivity contribution is 7.09. The number of rotatable bonds is 3. The molecule has 0 saturated carbocycles. The van der Waals surface area contributed by atoms with Crippen LogP contribution in [0.1, 0.15) is 42.9 Å². The van der Waals surface area contributed by atoms with Crippen molar-refractivity contribution in [2.45, 2.75) is 39.2 Å². The van der Waals surface area contributed by atoms with E-state index < -0.39 is 0 Å². The molecule has 2 aliphatic rings. The van der Waals surface area contributed by atoms with E-state index in [4.69, 9.17) is 4.98 Å². The van der Waals surface area contributed by atoms with Gasteiger partial charge >= 0.3 is 0 Å². The van der Waals surface area contributed by atoms with Crippen molar-refractivity contribution in [1.82, 2.24) is 15.2 Å². The highest BCUT2D eigenvalue weighted by Crippen LogP contribution is 2.36. The summed E-state index contributed by atoms with van der Waals surface area (Å²) in [5, 5.41) is 6.96. The predicted molar refractivity (Wildman–Crippen MR) is 83.2 cm³/mol. The minimum absolute atomic E-state index is 0. The molecular weight excluding hydrogens is 278 g/mol. The Morgan fingerprint density at radius 3 is 3.05 bits per heavy atom. The van der Waals surface area contributed by atoms with Crippen molar-refractivity contribution in [3.05, 3.63) is 16.1 Å². The number of aryl methyl sites for hydroxylation is 1. The van der Waals surface area contributed by atoms with E-state index in [0.29, 0.717) is 11.5 Å². The Kier molecular flexibility index (Phi) is 4.88. The Bertz CT molecular complexity index is 415. The van der Waals surface area contributed by atoms with Crippen LogP contribution in [0.2, 0.25) is 0 Å². The highest BCUT2D eigenvalue weighted by atomic mass is 35.5. The van der Waals surface area contributed by atoms with Crippen molar-refractivity contribution in [1.29, 1.82) is 0 Å². The number of hydrogen-bond donors (Lipinski definition) is 1. The molecule has 0 amide bonds. The lowest BCUT2D eigenvalue weighted by atomic mass is 9.89. The maximum Gasteiger partial charge on any atom is 0.0898 e. The smallest absolute Gasteiger partial charge is 0.0898 e. The van der Waals surface area contributed by atoms with Gasteiger partial charge in [-0.3, -0.25) is 4.90 Å². The summed E-state index contributed by atoms with van der Waals surface area (Å²) in [5.41, 5.74) is 1.78. The zero-order valence-electron chi connectivity index (χ0n) is 11.8. The van der Waals surface area contributed by atoms with Gasteiger partial charge in [-0.05, 0) is 44.7 Å². The quantitative estimate of drug-likeness (QED) is 0.930. The van der Waals surface area contributed by atoms with Crippen molar-refractivity contribution in [2.75, 3.05) is 26.2 Å². The molecule has 0 spiro atoms. The van der Waals surface area contributed by atoms with Gasteiger partial charge in [0.2, 0.25) is 0 Å². The number of halogens is 1. The average molecular weight is 302 g/mol. The minimum Gasteiger partial charge on any atom is -0.316 e. The van der Waals surface area contributed by atoms with Gasteiger partial charge in [0.25, 0.3) is 0 Å². The summed E-state index contributed by atoms with van der Waals surface area (Å²) in [6.45, 7) is 9.36. The lowest BCUT2D eigenvalue weighted by molar-refractivity contribution is 0.163. The van der Waals surface area contributed by atoms with E-state index in [-0.39, 0.29) is 12.4 Å². The summed E-state index contributed by atoms with van der Waals surface area (Å²) in [6, 6.07) is 0.576. The van der Waals surface area contributed by atoms with Gasteiger partial charge in [0.15, 0.2) is 0 Å². The molecule has 108 valence electrons. The monoisotopic (exact) mass is 301 g/mol. The molecule has 0 radical (unpaired) electrons. The van der Waals surface area contributed by atoms with Gasteiger partial charge in [-0.1, -0.05) is 6.92 Å². The van der Waals surface area contributed by atoms with Gasteiger partial charge in [-0.15, -0.1) is 23.7 Å². The molecule has 2 fully saturated rings. The molecule has 3 heterocycles. The third kappa shape index (κ3) is 3.30. The second kappa shape index (κ2) is 6.08. The first-order chi connectivity index (χ1) is 8.66. The molecule has 1 aromatic rings. The predicted octanol–water partition coefficient (Wildman–Crippen LogP) is 3.01. The number of hydrogen-bond acceptors (Lipinski definition) is 4. The molecule has 0 aliphatic carbocycles. The number of aromatic nitrogens is 1. The van der Waals surface area contributed by atoms with Crippen LogP contribution in [-0.4, -0.2) is 36.1 Å². The Balaban J connectivity index is 0.00000133. The first-order valence-corrected chi connectivity index (χ1v) is 7.91. The molecule has 0 aromatic carbocycles. The zero-order valence-corrected chi connectivity index (χ0v) is 13.4. The number of thiazole rings is 1. The third-order valence-electron chi connectivity index (χ3n) is 4.38. The highest BCUT2D eigenvalue weighted by Gasteiger charge is 2.36. The van der Waals surface area contributed by atoms with Gasteiger partial charge < -0.3 is 5.32 Å². The minimum atomic E-state index is 0. The van der Waals surface area contributed by atoms with Gasteiger partial charge in [0.1, 0.15) is 0 Å². The number of likely N-dealkylation sites (tertiary alicyclic amines) is 1. The standard InChI is InChI=1S/C14H23N3S.ClH/c1-11-16-12(8-18-11)13-4-3-7-17(13)10-14(2)5-6-15-9-14;/h8,13,15H,3-7,9-10H2,1-2H3;1H/t13-,14?;/m1./s1. The van der Waals surface area contributed by atoms with Crippen molar-refractivity contribution in [3.8, 4) is 0 Å². The van der Waals surface area contributed by atoms with Gasteiger partial charge in [-0.2, -0.15) is 0 Å². The summed E-state index contributed by atoms with van der Waals surface area (Å²) in [6.07, 6.45) is 3.92. The van der Waals surface area contributed by atoms with Crippen LogP contribution in [0.4, 0.5) is 0 Å². The summed E-state index contributed by atoms with van der Waals surface area (Å²) in [5.74, 6) is 0. The molecule has 2 saturated heterocycles. The molecule has 5 heteroatoms. The van der Waals surface area contributed by atoms with Crippen LogP contribution in [0.3, 0.4) is 0 Å². The maximum atomic E-state index is 4.70. The van der Waals surface area contributed by atoms with Crippen LogP contribution in [0.25, 0.3) is 0 Å². The van der Waals surface area contributed by atoms with Gasteiger partial charge in [-0.25, -0.2) is 4.98 Å².